The molecule has 0 heterocycles. The van der Waals surface area contributed by atoms with Crippen molar-refractivity contribution in [1.82, 2.24) is 0 Å². The van der Waals surface area contributed by atoms with Gasteiger partial charge in [-0.05, 0) is 50.8 Å². The summed E-state index contributed by atoms with van der Waals surface area (Å²) in [4.78, 5) is 0. The van der Waals surface area contributed by atoms with Crippen molar-refractivity contribution in [1.29, 1.82) is 0 Å². The van der Waals surface area contributed by atoms with Crippen LogP contribution in [0.1, 0.15) is 45.1 Å². The second kappa shape index (κ2) is 10.1. The number of unbranched alkanes of at least 4 members (excludes halogenated alkanes) is 2. The van der Waals surface area contributed by atoms with Crippen LogP contribution >= 0.6 is 0 Å². The van der Waals surface area contributed by atoms with E-state index in [-0.39, 0.29) is 5.82 Å². The van der Waals surface area contributed by atoms with Gasteiger partial charge >= 0.3 is 0 Å². The van der Waals surface area contributed by atoms with E-state index in [0.29, 0.717) is 23.7 Å². The first-order valence-electron chi connectivity index (χ1n) is 7.73. The molecule has 0 fully saturated rings. The van der Waals surface area contributed by atoms with E-state index in [9.17, 15) is 4.39 Å². The molecule has 1 rings (SSSR count). The summed E-state index contributed by atoms with van der Waals surface area (Å²) in [5.41, 5.74) is 1.18. The predicted octanol–water partition coefficient (Wildman–Crippen LogP) is 2.95. The van der Waals surface area contributed by atoms with Crippen molar-refractivity contribution in [3.8, 4) is 0 Å². The molecule has 3 nitrogen and oxygen atoms in total. The molecule has 0 atom stereocenters. The van der Waals surface area contributed by atoms with E-state index in [1.807, 2.05) is 26.0 Å². The highest BCUT2D eigenvalue weighted by atomic mass is 28.2. The molecule has 5 heteroatoms. The van der Waals surface area contributed by atoms with Crippen molar-refractivity contribution in [2.45, 2.75) is 51.9 Å². The van der Waals surface area contributed by atoms with Gasteiger partial charge in [-0.25, -0.2) is 4.39 Å². The minimum Gasteiger partial charge on any atom is -0.380 e. The van der Waals surface area contributed by atoms with Crippen molar-refractivity contribution < 1.29 is 18.3 Å². The van der Waals surface area contributed by atoms with Crippen LogP contribution in [0.5, 0.6) is 0 Å². The fraction of sp³-hybridized carbons (Fsp3) is 0.625. The predicted molar refractivity (Wildman–Crippen MR) is 85.6 cm³/mol. The zero-order chi connectivity index (χ0) is 15.6. The molecule has 0 aromatic heterocycles. The Labute approximate surface area is 130 Å². The van der Waals surface area contributed by atoms with Gasteiger partial charge in [-0.15, -0.1) is 0 Å². The lowest BCUT2D eigenvalue weighted by atomic mass is 10.1. The number of aryl methyl sites for hydroxylation is 1. The Morgan fingerprint density at radius 2 is 1.62 bits per heavy atom. The van der Waals surface area contributed by atoms with Gasteiger partial charge in [0.1, 0.15) is 5.82 Å². The van der Waals surface area contributed by atoms with Crippen molar-refractivity contribution in [3.05, 3.63) is 35.6 Å². The summed E-state index contributed by atoms with van der Waals surface area (Å²) < 4.78 is 29.6. The first kappa shape index (κ1) is 18.3. The van der Waals surface area contributed by atoms with Crippen molar-refractivity contribution in [2.24, 2.45) is 0 Å². The SMILES string of the molecule is CCOC(CCCCCc1ccc(F)cc1)(O[SiH3])OCC. The molecule has 0 radical (unpaired) electrons. The van der Waals surface area contributed by atoms with Crippen molar-refractivity contribution in [2.75, 3.05) is 13.2 Å². The molecule has 0 saturated heterocycles. The summed E-state index contributed by atoms with van der Waals surface area (Å²) in [5.74, 6) is -1.02. The normalized spacial score (nSPS) is 12.0. The molecular formula is C16H27FO3Si. The molecule has 0 unspecified atom stereocenters. The van der Waals surface area contributed by atoms with Gasteiger partial charge < -0.3 is 13.9 Å². The van der Waals surface area contributed by atoms with Crippen molar-refractivity contribution >= 4 is 10.5 Å². The van der Waals surface area contributed by atoms with E-state index in [4.69, 9.17) is 13.9 Å². The average molecular weight is 314 g/mol. The highest BCUT2D eigenvalue weighted by Gasteiger charge is 2.29. The van der Waals surface area contributed by atoms with E-state index < -0.39 is 5.97 Å². The fourth-order valence-electron chi connectivity index (χ4n) is 2.34. The molecular weight excluding hydrogens is 287 g/mol. The quantitative estimate of drug-likeness (QED) is 0.357. The maximum absolute atomic E-state index is 12.8. The van der Waals surface area contributed by atoms with E-state index in [0.717, 1.165) is 32.1 Å². The standard InChI is InChI=1S/C16H27FO3Si/c1-3-18-16(20-21,19-4-2)13-7-5-6-8-14-9-11-15(17)12-10-14/h9-12H,3-8,13H2,1-2,21H3. The number of rotatable bonds is 11. The van der Waals surface area contributed by atoms with E-state index in [1.165, 1.54) is 17.7 Å². The van der Waals surface area contributed by atoms with E-state index in [1.54, 1.807) is 0 Å². The number of benzene rings is 1. The van der Waals surface area contributed by atoms with Crippen LogP contribution in [0.4, 0.5) is 4.39 Å². The maximum atomic E-state index is 12.8. The van der Waals surface area contributed by atoms with Crippen LogP contribution in [0.25, 0.3) is 0 Å². The van der Waals surface area contributed by atoms with Gasteiger partial charge in [-0.3, -0.25) is 0 Å². The Hall–Kier alpha value is -0.753. The van der Waals surface area contributed by atoms with Gasteiger partial charge in [-0.2, -0.15) is 0 Å². The molecule has 1 aromatic carbocycles. The highest BCUT2D eigenvalue weighted by Crippen LogP contribution is 2.22. The molecule has 1 aromatic rings. The van der Waals surface area contributed by atoms with E-state index >= 15 is 0 Å². The Morgan fingerprint density at radius 3 is 2.14 bits per heavy atom. The minimum absolute atomic E-state index is 0.179. The summed E-state index contributed by atoms with van der Waals surface area (Å²) in [5, 5.41) is 0. The lowest BCUT2D eigenvalue weighted by Gasteiger charge is -2.31. The van der Waals surface area contributed by atoms with Crippen LogP contribution in [0, 0.1) is 5.82 Å². The second-order valence-electron chi connectivity index (χ2n) is 4.94. The topological polar surface area (TPSA) is 27.7 Å². The monoisotopic (exact) mass is 314 g/mol. The Morgan fingerprint density at radius 1 is 1.00 bits per heavy atom. The smallest absolute Gasteiger partial charge is 0.272 e. The molecule has 0 amide bonds. The number of halogens is 1. The van der Waals surface area contributed by atoms with Crippen LogP contribution in [-0.4, -0.2) is 29.7 Å². The van der Waals surface area contributed by atoms with Gasteiger partial charge in [0.2, 0.25) is 0 Å². The summed E-state index contributed by atoms with van der Waals surface area (Å²) >= 11 is 0. The van der Waals surface area contributed by atoms with Crippen LogP contribution in [-0.2, 0) is 20.3 Å². The summed E-state index contributed by atoms with van der Waals surface area (Å²) in [6, 6.07) is 6.72. The van der Waals surface area contributed by atoms with Crippen LogP contribution in [0.3, 0.4) is 0 Å². The fourth-order valence-corrected chi connectivity index (χ4v) is 2.78. The second-order valence-corrected chi connectivity index (χ2v) is 5.35. The Balaban J connectivity index is 2.29. The summed E-state index contributed by atoms with van der Waals surface area (Å²) in [6.45, 7) is 5.06. The summed E-state index contributed by atoms with van der Waals surface area (Å²) in [7, 11) is 0.587. The lowest BCUT2D eigenvalue weighted by Crippen LogP contribution is -2.38. The van der Waals surface area contributed by atoms with E-state index in [2.05, 4.69) is 0 Å². The molecule has 120 valence electrons. The van der Waals surface area contributed by atoms with Crippen LogP contribution < -0.4 is 0 Å². The van der Waals surface area contributed by atoms with Crippen LogP contribution in [0.15, 0.2) is 24.3 Å². The van der Waals surface area contributed by atoms with Gasteiger partial charge in [0, 0.05) is 19.6 Å². The van der Waals surface area contributed by atoms with Crippen molar-refractivity contribution in [3.63, 3.8) is 0 Å². The van der Waals surface area contributed by atoms with Gasteiger partial charge in [-0.1, -0.05) is 18.6 Å². The molecule has 0 N–H and O–H groups in total. The summed E-state index contributed by atoms with van der Waals surface area (Å²) in [6.07, 6.45) is 4.86. The third-order valence-electron chi connectivity index (χ3n) is 3.40. The number of hydrogen-bond donors (Lipinski definition) is 0. The maximum Gasteiger partial charge on any atom is 0.272 e. The zero-order valence-corrected chi connectivity index (χ0v) is 15.4. The molecule has 0 bridgehead atoms. The molecule has 0 aliphatic rings. The van der Waals surface area contributed by atoms with Gasteiger partial charge in [0.15, 0.2) is 10.5 Å². The average Bonchev–Trinajstić information content (AvgIpc) is 2.49. The molecule has 0 aliphatic heterocycles. The van der Waals surface area contributed by atoms with Gasteiger partial charge in [0.25, 0.3) is 5.97 Å². The highest BCUT2D eigenvalue weighted by molar-refractivity contribution is 5.98. The minimum atomic E-state index is -0.842. The molecule has 0 spiro atoms. The Kier molecular flexibility index (Phi) is 8.76. The molecule has 21 heavy (non-hydrogen) atoms. The Bertz CT molecular complexity index is 378. The van der Waals surface area contributed by atoms with Gasteiger partial charge in [0.05, 0.1) is 0 Å². The third kappa shape index (κ3) is 6.69. The number of ether oxygens (including phenoxy) is 2. The molecule has 0 saturated carbocycles. The first-order valence-corrected chi connectivity index (χ1v) is 8.55. The molecule has 0 aliphatic carbocycles. The van der Waals surface area contributed by atoms with Crippen LogP contribution in [0.2, 0.25) is 0 Å². The lowest BCUT2D eigenvalue weighted by molar-refractivity contribution is -0.344. The first-order chi connectivity index (χ1) is 10.2. The zero-order valence-electron chi connectivity index (χ0n) is 13.4. The number of hydrogen-bond acceptors (Lipinski definition) is 3. The largest absolute Gasteiger partial charge is 0.380 e. The third-order valence-corrected chi connectivity index (χ3v) is 4.02.